The van der Waals surface area contributed by atoms with E-state index in [0.717, 1.165) is 12.8 Å². The molecule has 1 aromatic rings. The highest BCUT2D eigenvalue weighted by Gasteiger charge is 2.26. The molecule has 1 aliphatic rings. The van der Waals surface area contributed by atoms with Gasteiger partial charge >= 0.3 is 0 Å². The van der Waals surface area contributed by atoms with Gasteiger partial charge in [0.15, 0.2) is 0 Å². The van der Waals surface area contributed by atoms with Gasteiger partial charge < -0.3 is 5.73 Å². The van der Waals surface area contributed by atoms with Crippen LogP contribution in [0.4, 0.5) is 5.69 Å². The molecule has 6 heteroatoms. The van der Waals surface area contributed by atoms with E-state index in [1.165, 1.54) is 16.8 Å². The first-order valence-electron chi connectivity index (χ1n) is 5.92. The number of halogens is 1. The number of nitrogens with zero attached hydrogens (tertiary/aromatic N) is 1. The normalized spacial score (nSPS) is 16.8. The van der Waals surface area contributed by atoms with Crippen LogP contribution in [0, 0.1) is 5.92 Å². The third-order valence-corrected chi connectivity index (χ3v) is 5.96. The fourth-order valence-electron chi connectivity index (χ4n) is 2.00. The van der Waals surface area contributed by atoms with Gasteiger partial charge in [-0.15, -0.1) is 0 Å². The Bertz CT molecular complexity index is 541. The van der Waals surface area contributed by atoms with Crippen LogP contribution in [-0.4, -0.2) is 26.3 Å². The molecule has 1 aromatic carbocycles. The van der Waals surface area contributed by atoms with Gasteiger partial charge in [-0.25, -0.2) is 12.7 Å². The third kappa shape index (κ3) is 2.70. The molecule has 0 spiro atoms. The first-order valence-corrected chi connectivity index (χ1v) is 8.16. The van der Waals surface area contributed by atoms with E-state index in [-0.39, 0.29) is 4.90 Å². The van der Waals surface area contributed by atoms with Gasteiger partial charge in [-0.1, -0.05) is 6.42 Å². The van der Waals surface area contributed by atoms with Crippen molar-refractivity contribution in [3.8, 4) is 0 Å². The van der Waals surface area contributed by atoms with Gasteiger partial charge in [0, 0.05) is 23.8 Å². The minimum absolute atomic E-state index is 0.255. The van der Waals surface area contributed by atoms with Crippen LogP contribution in [0.2, 0.25) is 0 Å². The summed E-state index contributed by atoms with van der Waals surface area (Å²) < 4.78 is 26.8. The fraction of sp³-hybridized carbons (Fsp3) is 0.500. The molecule has 1 fully saturated rings. The maximum absolute atomic E-state index is 12.3. The van der Waals surface area contributed by atoms with Crippen molar-refractivity contribution >= 4 is 31.6 Å². The highest BCUT2D eigenvalue weighted by molar-refractivity contribution is 9.10. The quantitative estimate of drug-likeness (QED) is 0.861. The predicted molar refractivity (Wildman–Crippen MR) is 75.7 cm³/mol. The number of nitrogens with two attached hydrogens (primary N) is 1. The van der Waals surface area contributed by atoms with Crippen molar-refractivity contribution in [3.63, 3.8) is 0 Å². The summed E-state index contributed by atoms with van der Waals surface area (Å²) in [6.07, 6.45) is 3.47. The van der Waals surface area contributed by atoms with Crippen molar-refractivity contribution in [2.75, 3.05) is 19.3 Å². The molecule has 0 atom stereocenters. The molecule has 0 saturated heterocycles. The highest BCUT2D eigenvalue weighted by Crippen LogP contribution is 2.29. The molecule has 0 aliphatic heterocycles. The molecule has 0 bridgehead atoms. The van der Waals surface area contributed by atoms with Gasteiger partial charge in [-0.2, -0.15) is 0 Å². The van der Waals surface area contributed by atoms with Gasteiger partial charge in [0.25, 0.3) is 0 Å². The number of anilines is 1. The lowest BCUT2D eigenvalue weighted by atomic mass is 9.86. The molecular formula is C12H17BrN2O2S. The highest BCUT2D eigenvalue weighted by atomic mass is 79.9. The van der Waals surface area contributed by atoms with Crippen molar-refractivity contribution in [2.45, 2.75) is 24.2 Å². The predicted octanol–water partition coefficient (Wildman–Crippen LogP) is 2.45. The average molecular weight is 333 g/mol. The number of benzene rings is 1. The van der Waals surface area contributed by atoms with Gasteiger partial charge in [0.2, 0.25) is 10.0 Å². The van der Waals surface area contributed by atoms with E-state index in [0.29, 0.717) is 22.6 Å². The standard InChI is InChI=1S/C12H17BrN2O2S/c1-15(8-9-3-2-4-9)18(16,17)10-5-6-11(13)12(14)7-10/h5-7,9H,2-4,8,14H2,1H3. The summed E-state index contributed by atoms with van der Waals surface area (Å²) in [7, 11) is -1.79. The maximum atomic E-state index is 12.3. The largest absolute Gasteiger partial charge is 0.398 e. The molecule has 0 heterocycles. The van der Waals surface area contributed by atoms with E-state index in [2.05, 4.69) is 15.9 Å². The van der Waals surface area contributed by atoms with Crippen molar-refractivity contribution < 1.29 is 8.42 Å². The number of nitrogen functional groups attached to an aromatic ring is 1. The maximum Gasteiger partial charge on any atom is 0.242 e. The second-order valence-corrected chi connectivity index (χ2v) is 7.67. The second kappa shape index (κ2) is 5.19. The Morgan fingerprint density at radius 1 is 1.44 bits per heavy atom. The molecular weight excluding hydrogens is 316 g/mol. The summed E-state index contributed by atoms with van der Waals surface area (Å²) in [6.45, 7) is 0.596. The lowest BCUT2D eigenvalue weighted by Crippen LogP contribution is -2.34. The number of hydrogen-bond donors (Lipinski definition) is 1. The van der Waals surface area contributed by atoms with Crippen LogP contribution in [-0.2, 0) is 10.0 Å². The first-order chi connectivity index (χ1) is 8.41. The Balaban J connectivity index is 2.20. The molecule has 18 heavy (non-hydrogen) atoms. The summed E-state index contributed by atoms with van der Waals surface area (Å²) in [5.74, 6) is 0.512. The van der Waals surface area contributed by atoms with Crippen LogP contribution in [0.25, 0.3) is 0 Å². The van der Waals surface area contributed by atoms with Crippen LogP contribution in [0.1, 0.15) is 19.3 Å². The summed E-state index contributed by atoms with van der Waals surface area (Å²) in [5, 5.41) is 0. The Labute approximate surface area is 116 Å². The van der Waals surface area contributed by atoms with Gasteiger partial charge in [-0.05, 0) is 52.9 Å². The van der Waals surface area contributed by atoms with Crippen molar-refractivity contribution in [3.05, 3.63) is 22.7 Å². The average Bonchev–Trinajstić information content (AvgIpc) is 2.26. The Morgan fingerprint density at radius 2 is 2.11 bits per heavy atom. The first kappa shape index (κ1) is 13.8. The minimum Gasteiger partial charge on any atom is -0.398 e. The lowest BCUT2D eigenvalue weighted by Gasteiger charge is -2.29. The molecule has 0 aromatic heterocycles. The van der Waals surface area contributed by atoms with E-state index >= 15 is 0 Å². The molecule has 2 rings (SSSR count). The second-order valence-electron chi connectivity index (χ2n) is 4.77. The number of rotatable bonds is 4. The topological polar surface area (TPSA) is 63.4 Å². The third-order valence-electron chi connectivity index (χ3n) is 3.42. The van der Waals surface area contributed by atoms with E-state index in [4.69, 9.17) is 5.73 Å². The van der Waals surface area contributed by atoms with Crippen molar-refractivity contribution in [1.82, 2.24) is 4.31 Å². The Morgan fingerprint density at radius 3 is 2.61 bits per heavy atom. The fourth-order valence-corrected chi connectivity index (χ4v) is 3.53. The van der Waals surface area contributed by atoms with Crippen LogP contribution in [0.5, 0.6) is 0 Å². The van der Waals surface area contributed by atoms with E-state index in [1.807, 2.05) is 0 Å². The summed E-state index contributed by atoms with van der Waals surface area (Å²) in [6, 6.07) is 4.74. The molecule has 0 amide bonds. The summed E-state index contributed by atoms with van der Waals surface area (Å²) >= 11 is 3.26. The SMILES string of the molecule is CN(CC1CCC1)S(=O)(=O)c1ccc(Br)c(N)c1. The Kier molecular flexibility index (Phi) is 3.99. The molecule has 4 nitrogen and oxygen atoms in total. The number of sulfonamides is 1. The molecule has 100 valence electrons. The van der Waals surface area contributed by atoms with Crippen LogP contribution in [0.3, 0.4) is 0 Å². The van der Waals surface area contributed by atoms with Crippen molar-refractivity contribution in [2.24, 2.45) is 5.92 Å². The Hall–Kier alpha value is -0.590. The van der Waals surface area contributed by atoms with E-state index < -0.39 is 10.0 Å². The van der Waals surface area contributed by atoms with Crippen LogP contribution < -0.4 is 5.73 Å². The van der Waals surface area contributed by atoms with Crippen LogP contribution >= 0.6 is 15.9 Å². The zero-order valence-corrected chi connectivity index (χ0v) is 12.7. The zero-order valence-electron chi connectivity index (χ0n) is 10.3. The van der Waals surface area contributed by atoms with Gasteiger partial charge in [-0.3, -0.25) is 0 Å². The van der Waals surface area contributed by atoms with Crippen molar-refractivity contribution in [1.29, 1.82) is 0 Å². The lowest BCUT2D eigenvalue weighted by molar-refractivity contribution is 0.263. The van der Waals surface area contributed by atoms with Crippen LogP contribution in [0.15, 0.2) is 27.6 Å². The zero-order chi connectivity index (χ0) is 13.3. The molecule has 1 saturated carbocycles. The molecule has 0 unspecified atom stereocenters. The van der Waals surface area contributed by atoms with Gasteiger partial charge in [0.05, 0.1) is 4.90 Å². The smallest absolute Gasteiger partial charge is 0.242 e. The van der Waals surface area contributed by atoms with Gasteiger partial charge in [0.1, 0.15) is 0 Å². The monoisotopic (exact) mass is 332 g/mol. The van der Waals surface area contributed by atoms with E-state index in [1.54, 1.807) is 19.2 Å². The minimum atomic E-state index is -3.42. The summed E-state index contributed by atoms with van der Waals surface area (Å²) in [5.41, 5.74) is 6.16. The molecule has 2 N–H and O–H groups in total. The molecule has 0 radical (unpaired) electrons. The molecule has 1 aliphatic carbocycles. The van der Waals surface area contributed by atoms with E-state index in [9.17, 15) is 8.42 Å². The number of hydrogen-bond acceptors (Lipinski definition) is 3. The summed E-state index contributed by atoms with van der Waals surface area (Å²) in [4.78, 5) is 0.255.